The van der Waals surface area contributed by atoms with Crippen molar-refractivity contribution in [2.24, 2.45) is 5.92 Å². The molecule has 0 saturated heterocycles. The number of hydrogen-bond donors (Lipinski definition) is 1. The second-order valence-electron chi connectivity index (χ2n) is 4.04. The first-order valence-corrected chi connectivity index (χ1v) is 6.45. The highest BCUT2D eigenvalue weighted by Gasteiger charge is 2.25. The molecular weight excluding hydrogens is 306 g/mol. The van der Waals surface area contributed by atoms with Crippen LogP contribution in [0.5, 0.6) is 0 Å². The molecule has 0 unspecified atom stereocenters. The number of hydrogen-bond acceptors (Lipinski definition) is 1. The summed E-state index contributed by atoms with van der Waals surface area (Å²) in [5, 5.41) is 3.54. The highest BCUT2D eigenvalue weighted by atomic mass is 79.9. The molecule has 0 radical (unpaired) electrons. The van der Waals surface area contributed by atoms with E-state index in [1.165, 1.54) is 18.5 Å². The summed E-state index contributed by atoms with van der Waals surface area (Å²) in [6.07, 6.45) is 2.59. The van der Waals surface area contributed by atoms with Gasteiger partial charge in [-0.1, -0.05) is 22.9 Å². The van der Waals surface area contributed by atoms with Gasteiger partial charge in [0.2, 0.25) is 0 Å². The van der Waals surface area contributed by atoms with Crippen LogP contribution in [0.4, 0.5) is 5.69 Å². The highest BCUT2D eigenvalue weighted by Crippen LogP contribution is 2.33. The Labute approximate surface area is 102 Å². The van der Waals surface area contributed by atoms with Crippen molar-refractivity contribution in [2.45, 2.75) is 25.8 Å². The monoisotopic (exact) mass is 317 g/mol. The van der Waals surface area contributed by atoms with Gasteiger partial charge in [0.15, 0.2) is 0 Å². The van der Waals surface area contributed by atoms with Crippen molar-refractivity contribution >= 4 is 37.5 Å². The van der Waals surface area contributed by atoms with E-state index in [0.717, 1.165) is 14.9 Å². The second-order valence-corrected chi connectivity index (χ2v) is 5.81. The summed E-state index contributed by atoms with van der Waals surface area (Å²) in [6, 6.07) is 6.92. The molecule has 1 fully saturated rings. The quantitative estimate of drug-likeness (QED) is 0.851. The average molecular weight is 319 g/mol. The van der Waals surface area contributed by atoms with Crippen LogP contribution in [0.25, 0.3) is 0 Å². The summed E-state index contributed by atoms with van der Waals surface area (Å²) >= 11 is 7.00. The van der Waals surface area contributed by atoms with Gasteiger partial charge in [0.05, 0.1) is 0 Å². The first-order valence-electron chi connectivity index (χ1n) is 4.87. The van der Waals surface area contributed by atoms with Crippen molar-refractivity contribution in [1.82, 2.24) is 0 Å². The summed E-state index contributed by atoms with van der Waals surface area (Å²) in [6.45, 7) is 2.30. The lowest BCUT2D eigenvalue weighted by molar-refractivity contribution is 0.309. The van der Waals surface area contributed by atoms with Gasteiger partial charge in [-0.2, -0.15) is 0 Å². The van der Waals surface area contributed by atoms with Gasteiger partial charge < -0.3 is 5.32 Å². The van der Waals surface area contributed by atoms with E-state index >= 15 is 0 Å². The van der Waals surface area contributed by atoms with E-state index in [-0.39, 0.29) is 0 Å². The minimum absolute atomic E-state index is 0.669. The van der Waals surface area contributed by atoms with Crippen molar-refractivity contribution in [2.75, 3.05) is 5.32 Å². The van der Waals surface area contributed by atoms with Crippen molar-refractivity contribution in [3.05, 3.63) is 27.1 Å². The zero-order valence-corrected chi connectivity index (χ0v) is 11.2. The molecule has 2 rings (SSSR count). The molecule has 1 aromatic carbocycles. The Morgan fingerprint density at radius 3 is 2.57 bits per heavy atom. The van der Waals surface area contributed by atoms with Crippen LogP contribution in [-0.4, -0.2) is 6.04 Å². The van der Waals surface area contributed by atoms with Crippen LogP contribution in [0.3, 0.4) is 0 Å². The molecule has 0 bridgehead atoms. The number of benzene rings is 1. The maximum Gasteiger partial charge on any atom is 0.0487 e. The van der Waals surface area contributed by atoms with Crippen LogP contribution in [-0.2, 0) is 0 Å². The Morgan fingerprint density at radius 2 is 2.00 bits per heavy atom. The Balaban J connectivity index is 2.02. The standard InChI is InChI=1S/C11H13Br2N/c1-7-4-9(5-7)14-11-3-2-8(12)6-10(11)13/h2-3,6-7,9,14H,4-5H2,1H3. The maximum absolute atomic E-state index is 3.55. The van der Waals surface area contributed by atoms with E-state index in [0.29, 0.717) is 6.04 Å². The van der Waals surface area contributed by atoms with Crippen LogP contribution >= 0.6 is 31.9 Å². The van der Waals surface area contributed by atoms with Gasteiger partial charge in [0.25, 0.3) is 0 Å². The molecule has 1 nitrogen and oxygen atoms in total. The number of anilines is 1. The average Bonchev–Trinajstić information content (AvgIpc) is 2.06. The predicted octanol–water partition coefficient (Wildman–Crippen LogP) is 4.42. The maximum atomic E-state index is 3.55. The Bertz CT molecular complexity index is 332. The predicted molar refractivity (Wildman–Crippen MR) is 67.7 cm³/mol. The highest BCUT2D eigenvalue weighted by molar-refractivity contribution is 9.11. The topological polar surface area (TPSA) is 12.0 Å². The molecule has 0 heterocycles. The fourth-order valence-corrected chi connectivity index (χ4v) is 3.01. The molecule has 14 heavy (non-hydrogen) atoms. The van der Waals surface area contributed by atoms with Crippen molar-refractivity contribution in [3.8, 4) is 0 Å². The molecule has 3 heteroatoms. The van der Waals surface area contributed by atoms with E-state index in [1.807, 2.05) is 0 Å². The van der Waals surface area contributed by atoms with Crippen LogP contribution in [0.1, 0.15) is 19.8 Å². The molecular formula is C11H13Br2N. The van der Waals surface area contributed by atoms with Crippen molar-refractivity contribution < 1.29 is 0 Å². The first-order chi connectivity index (χ1) is 6.65. The molecule has 1 aliphatic rings. The van der Waals surface area contributed by atoms with Crippen LogP contribution in [0, 0.1) is 5.92 Å². The SMILES string of the molecule is CC1CC(Nc2ccc(Br)cc2Br)C1. The first kappa shape index (κ1) is 10.5. The third-order valence-electron chi connectivity index (χ3n) is 2.66. The number of rotatable bonds is 2. The molecule has 0 atom stereocenters. The van der Waals surface area contributed by atoms with Crippen molar-refractivity contribution in [1.29, 1.82) is 0 Å². The largest absolute Gasteiger partial charge is 0.381 e. The minimum Gasteiger partial charge on any atom is -0.381 e. The van der Waals surface area contributed by atoms with Gasteiger partial charge in [-0.15, -0.1) is 0 Å². The molecule has 0 aliphatic heterocycles. The molecule has 76 valence electrons. The molecule has 1 aliphatic carbocycles. The number of nitrogens with one attached hydrogen (secondary N) is 1. The van der Waals surface area contributed by atoms with Crippen LogP contribution in [0.15, 0.2) is 27.1 Å². The van der Waals surface area contributed by atoms with Crippen LogP contribution in [0.2, 0.25) is 0 Å². The third-order valence-corrected chi connectivity index (χ3v) is 3.81. The molecule has 1 aromatic rings. The van der Waals surface area contributed by atoms with E-state index in [9.17, 15) is 0 Å². The van der Waals surface area contributed by atoms with Gasteiger partial charge >= 0.3 is 0 Å². The van der Waals surface area contributed by atoms with Crippen LogP contribution < -0.4 is 5.32 Å². The number of halogens is 2. The van der Waals surface area contributed by atoms with E-state index in [2.05, 4.69) is 62.3 Å². The lowest BCUT2D eigenvalue weighted by Crippen LogP contribution is -2.33. The van der Waals surface area contributed by atoms with Gasteiger partial charge in [0, 0.05) is 20.7 Å². The fourth-order valence-electron chi connectivity index (χ4n) is 1.85. The second kappa shape index (κ2) is 4.23. The van der Waals surface area contributed by atoms with E-state index in [1.54, 1.807) is 0 Å². The molecule has 1 saturated carbocycles. The zero-order valence-electron chi connectivity index (χ0n) is 8.06. The van der Waals surface area contributed by atoms with Crippen molar-refractivity contribution in [3.63, 3.8) is 0 Å². The van der Waals surface area contributed by atoms with E-state index in [4.69, 9.17) is 0 Å². The molecule has 0 amide bonds. The summed E-state index contributed by atoms with van der Waals surface area (Å²) in [5.74, 6) is 0.890. The van der Waals surface area contributed by atoms with E-state index < -0.39 is 0 Å². The Hall–Kier alpha value is -0.0200. The smallest absolute Gasteiger partial charge is 0.0487 e. The Morgan fingerprint density at radius 1 is 1.29 bits per heavy atom. The van der Waals surface area contributed by atoms with Gasteiger partial charge in [-0.05, 0) is 52.9 Å². The lowest BCUT2D eigenvalue weighted by Gasteiger charge is -2.34. The Kier molecular flexibility index (Phi) is 3.17. The summed E-state index contributed by atoms with van der Waals surface area (Å²) in [7, 11) is 0. The zero-order chi connectivity index (χ0) is 10.1. The lowest BCUT2D eigenvalue weighted by atomic mass is 9.82. The normalized spacial score (nSPS) is 25.6. The third kappa shape index (κ3) is 2.31. The molecule has 0 spiro atoms. The van der Waals surface area contributed by atoms with Gasteiger partial charge in [-0.25, -0.2) is 0 Å². The summed E-state index contributed by atoms with van der Waals surface area (Å²) < 4.78 is 2.24. The molecule has 0 aromatic heterocycles. The van der Waals surface area contributed by atoms with Gasteiger partial charge in [-0.3, -0.25) is 0 Å². The minimum atomic E-state index is 0.669. The summed E-state index contributed by atoms with van der Waals surface area (Å²) in [5.41, 5.74) is 1.20. The molecule has 1 N–H and O–H groups in total. The fraction of sp³-hybridized carbons (Fsp3) is 0.455. The van der Waals surface area contributed by atoms with Gasteiger partial charge in [0.1, 0.15) is 0 Å². The summed E-state index contributed by atoms with van der Waals surface area (Å²) in [4.78, 5) is 0.